The van der Waals surface area contributed by atoms with E-state index in [1.807, 2.05) is 6.07 Å². The highest BCUT2D eigenvalue weighted by Crippen LogP contribution is 2.24. The molecule has 0 fully saturated rings. The molecule has 0 aliphatic carbocycles. The van der Waals surface area contributed by atoms with Crippen molar-refractivity contribution in [1.82, 2.24) is 9.38 Å². The first-order valence-corrected chi connectivity index (χ1v) is 8.89. The summed E-state index contributed by atoms with van der Waals surface area (Å²) in [6.45, 7) is -0.0618. The molecule has 0 bridgehead atoms. The number of aromatic amines is 1. The Morgan fingerprint density at radius 2 is 1.70 bits per heavy atom. The zero-order chi connectivity index (χ0) is 21.3. The molecule has 150 valence electrons. The number of hydrogen-bond acceptors (Lipinski definition) is 4. The van der Waals surface area contributed by atoms with Gasteiger partial charge in [-0.3, -0.25) is 14.0 Å². The number of halogens is 2. The summed E-state index contributed by atoms with van der Waals surface area (Å²) < 4.78 is 33.2. The van der Waals surface area contributed by atoms with Crippen molar-refractivity contribution in [3.63, 3.8) is 0 Å². The third kappa shape index (κ3) is 3.62. The van der Waals surface area contributed by atoms with Crippen LogP contribution in [0.25, 0.3) is 16.8 Å². The molecular weight excluding hydrogens is 394 g/mol. The van der Waals surface area contributed by atoms with Crippen molar-refractivity contribution in [3.8, 4) is 11.1 Å². The average molecular weight is 408 g/mol. The number of aromatic nitrogens is 2. The van der Waals surface area contributed by atoms with Crippen molar-refractivity contribution in [2.45, 2.75) is 6.61 Å². The van der Waals surface area contributed by atoms with Crippen molar-refractivity contribution in [2.24, 2.45) is 0 Å². The van der Waals surface area contributed by atoms with Crippen LogP contribution >= 0.6 is 0 Å². The SMILES string of the molecule is O=C(OCc1ccccc1)c1cc(-c2ccc(F)cc2)c2[nH]c(=O)c(F)cn2c1=O. The Kier molecular flexibility index (Phi) is 4.97. The molecule has 0 radical (unpaired) electrons. The Morgan fingerprint density at radius 1 is 1.00 bits per heavy atom. The van der Waals surface area contributed by atoms with Crippen LogP contribution in [0.5, 0.6) is 0 Å². The smallest absolute Gasteiger partial charge is 0.344 e. The largest absolute Gasteiger partial charge is 0.457 e. The predicted octanol–water partition coefficient (Wildman–Crippen LogP) is 3.29. The molecule has 0 unspecified atom stereocenters. The van der Waals surface area contributed by atoms with E-state index in [-0.39, 0.29) is 23.4 Å². The summed E-state index contributed by atoms with van der Waals surface area (Å²) >= 11 is 0. The highest BCUT2D eigenvalue weighted by atomic mass is 19.1. The lowest BCUT2D eigenvalue weighted by atomic mass is 10.0. The van der Waals surface area contributed by atoms with Crippen LogP contribution in [0.1, 0.15) is 15.9 Å². The monoisotopic (exact) mass is 408 g/mol. The van der Waals surface area contributed by atoms with Gasteiger partial charge in [-0.05, 0) is 29.3 Å². The molecule has 0 saturated carbocycles. The maximum atomic E-state index is 13.8. The van der Waals surface area contributed by atoms with Gasteiger partial charge in [0.1, 0.15) is 23.6 Å². The minimum absolute atomic E-state index is 0.0300. The van der Waals surface area contributed by atoms with Gasteiger partial charge in [-0.1, -0.05) is 42.5 Å². The molecule has 1 N–H and O–H groups in total. The van der Waals surface area contributed by atoms with Crippen molar-refractivity contribution < 1.29 is 18.3 Å². The molecule has 0 aliphatic rings. The van der Waals surface area contributed by atoms with Crippen LogP contribution in [-0.4, -0.2) is 15.4 Å². The Balaban J connectivity index is 1.85. The van der Waals surface area contributed by atoms with Gasteiger partial charge in [0.05, 0.1) is 6.20 Å². The first-order chi connectivity index (χ1) is 14.4. The van der Waals surface area contributed by atoms with Gasteiger partial charge in [-0.2, -0.15) is 4.39 Å². The number of carbonyl (C=O) groups is 1. The van der Waals surface area contributed by atoms with Gasteiger partial charge >= 0.3 is 5.97 Å². The zero-order valence-electron chi connectivity index (χ0n) is 15.4. The summed E-state index contributed by atoms with van der Waals surface area (Å²) in [5.74, 6) is -2.59. The molecule has 2 aromatic carbocycles. The second-order valence-electron chi connectivity index (χ2n) is 6.50. The van der Waals surface area contributed by atoms with Gasteiger partial charge in [0.15, 0.2) is 0 Å². The summed E-state index contributed by atoms with van der Waals surface area (Å²) in [7, 11) is 0. The first-order valence-electron chi connectivity index (χ1n) is 8.89. The van der Waals surface area contributed by atoms with E-state index in [1.165, 1.54) is 30.3 Å². The Bertz CT molecular complexity index is 1360. The van der Waals surface area contributed by atoms with E-state index in [9.17, 15) is 23.2 Å². The average Bonchev–Trinajstić information content (AvgIpc) is 2.75. The van der Waals surface area contributed by atoms with E-state index in [4.69, 9.17) is 4.74 Å². The van der Waals surface area contributed by atoms with Crippen molar-refractivity contribution in [2.75, 3.05) is 0 Å². The summed E-state index contributed by atoms with van der Waals surface area (Å²) in [4.78, 5) is 39.5. The molecule has 8 heteroatoms. The van der Waals surface area contributed by atoms with Crippen LogP contribution in [0, 0.1) is 11.6 Å². The Morgan fingerprint density at radius 3 is 2.40 bits per heavy atom. The molecule has 0 amide bonds. The number of nitrogens with zero attached hydrogens (tertiary/aromatic N) is 1. The lowest BCUT2D eigenvalue weighted by Gasteiger charge is -2.11. The topological polar surface area (TPSA) is 80.6 Å². The minimum Gasteiger partial charge on any atom is -0.457 e. The van der Waals surface area contributed by atoms with E-state index in [0.29, 0.717) is 11.8 Å². The van der Waals surface area contributed by atoms with Gasteiger partial charge < -0.3 is 9.72 Å². The number of H-pyrrole nitrogens is 1. The van der Waals surface area contributed by atoms with Gasteiger partial charge in [0.2, 0.25) is 5.82 Å². The highest BCUT2D eigenvalue weighted by molar-refractivity contribution is 5.92. The number of fused-ring (bicyclic) bond motifs is 1. The van der Waals surface area contributed by atoms with Gasteiger partial charge in [-0.25, -0.2) is 9.18 Å². The Labute approximate surface area is 168 Å². The van der Waals surface area contributed by atoms with E-state index in [0.717, 1.165) is 9.96 Å². The fourth-order valence-electron chi connectivity index (χ4n) is 3.02. The molecule has 4 rings (SSSR count). The first kappa shape index (κ1) is 19.3. The number of esters is 1. The summed E-state index contributed by atoms with van der Waals surface area (Å²) in [6, 6.07) is 15.3. The van der Waals surface area contributed by atoms with Gasteiger partial charge in [-0.15, -0.1) is 0 Å². The van der Waals surface area contributed by atoms with E-state index < -0.39 is 28.7 Å². The summed E-state index contributed by atoms with van der Waals surface area (Å²) in [6.07, 6.45) is 0.706. The normalized spacial score (nSPS) is 10.9. The molecule has 4 aromatic rings. The van der Waals surface area contributed by atoms with Gasteiger partial charge in [0, 0.05) is 5.56 Å². The van der Waals surface area contributed by atoms with Crippen LogP contribution < -0.4 is 11.1 Å². The van der Waals surface area contributed by atoms with Crippen LogP contribution in [0.3, 0.4) is 0 Å². The predicted molar refractivity (Wildman–Crippen MR) is 105 cm³/mol. The number of carbonyl (C=O) groups excluding carboxylic acids is 1. The number of hydrogen-bond donors (Lipinski definition) is 1. The van der Waals surface area contributed by atoms with E-state index in [1.54, 1.807) is 24.3 Å². The molecule has 6 nitrogen and oxygen atoms in total. The lowest BCUT2D eigenvalue weighted by Crippen LogP contribution is -2.27. The summed E-state index contributed by atoms with van der Waals surface area (Å²) in [5.41, 5.74) is -0.902. The van der Waals surface area contributed by atoms with E-state index in [2.05, 4.69) is 4.98 Å². The second kappa shape index (κ2) is 7.75. The third-order valence-electron chi connectivity index (χ3n) is 4.51. The second-order valence-corrected chi connectivity index (χ2v) is 6.50. The lowest BCUT2D eigenvalue weighted by molar-refractivity contribution is 0.0470. The zero-order valence-corrected chi connectivity index (χ0v) is 15.4. The quantitative estimate of drug-likeness (QED) is 0.526. The van der Waals surface area contributed by atoms with Crippen molar-refractivity contribution >= 4 is 11.6 Å². The fraction of sp³-hybridized carbons (Fsp3) is 0.0455. The maximum absolute atomic E-state index is 13.8. The van der Waals surface area contributed by atoms with Crippen molar-refractivity contribution in [1.29, 1.82) is 0 Å². The molecular formula is C22H14F2N2O4. The molecule has 30 heavy (non-hydrogen) atoms. The minimum atomic E-state index is -1.19. The fourth-order valence-corrected chi connectivity index (χ4v) is 3.02. The van der Waals surface area contributed by atoms with Crippen LogP contribution in [0.4, 0.5) is 8.78 Å². The van der Waals surface area contributed by atoms with Crippen LogP contribution in [0.15, 0.2) is 76.4 Å². The maximum Gasteiger partial charge on any atom is 0.344 e. The van der Waals surface area contributed by atoms with Crippen LogP contribution in [-0.2, 0) is 11.3 Å². The molecule has 0 saturated heterocycles. The van der Waals surface area contributed by atoms with Crippen LogP contribution in [0.2, 0.25) is 0 Å². The standard InChI is InChI=1S/C22H14F2N2O4/c23-15-8-6-14(7-9-15)16-10-17(22(29)30-12-13-4-2-1-3-5-13)21(28)26-11-18(24)20(27)25-19(16)26/h1-11H,12H2,(H,25,27). The molecule has 2 aromatic heterocycles. The number of pyridine rings is 1. The number of nitrogens with one attached hydrogen (secondary N) is 1. The molecule has 2 heterocycles. The summed E-state index contributed by atoms with van der Waals surface area (Å²) in [5, 5.41) is 0. The molecule has 0 atom stereocenters. The Hall–Kier alpha value is -4.07. The van der Waals surface area contributed by atoms with E-state index >= 15 is 0 Å². The highest BCUT2D eigenvalue weighted by Gasteiger charge is 2.20. The number of ether oxygens (including phenoxy) is 1. The van der Waals surface area contributed by atoms with Gasteiger partial charge in [0.25, 0.3) is 11.1 Å². The van der Waals surface area contributed by atoms with Crippen molar-refractivity contribution in [3.05, 3.63) is 110 Å². The third-order valence-corrected chi connectivity index (χ3v) is 4.51. The molecule has 0 spiro atoms. The number of benzene rings is 2. The number of rotatable bonds is 4. The molecule has 0 aliphatic heterocycles.